The molecule has 0 saturated heterocycles. The molecule has 0 fully saturated rings. The third-order valence-electron chi connectivity index (χ3n) is 2.59. The summed E-state index contributed by atoms with van der Waals surface area (Å²) in [5, 5.41) is 3.18. The largest absolute Gasteiger partial charge is 0.236 e. The first-order valence-electron chi connectivity index (χ1n) is 5.50. The first-order chi connectivity index (χ1) is 8.43. The number of rotatable bonds is 2. The highest BCUT2D eigenvalue weighted by molar-refractivity contribution is 7.13. The third-order valence-corrected chi connectivity index (χ3v) is 3.49. The topological polar surface area (TPSA) is 12.9 Å². The van der Waals surface area contributed by atoms with Crippen LogP contribution in [0, 0.1) is 0 Å². The summed E-state index contributed by atoms with van der Waals surface area (Å²) in [7, 11) is 0. The minimum absolute atomic E-state index is 1.05. The predicted octanol–water partition coefficient (Wildman–Crippen LogP) is 4.48. The molecule has 3 aromatic rings. The Morgan fingerprint density at radius 2 is 1.29 bits per heavy atom. The fourth-order valence-corrected chi connectivity index (χ4v) is 2.56. The van der Waals surface area contributed by atoms with Crippen LogP contribution in [0.3, 0.4) is 0 Å². The molecule has 0 aliphatic carbocycles. The Balaban J connectivity index is 1.99. The predicted molar refractivity (Wildman–Crippen MR) is 73.0 cm³/mol. The molecule has 0 bridgehead atoms. The maximum atomic E-state index is 4.67. The van der Waals surface area contributed by atoms with E-state index in [1.165, 1.54) is 11.1 Å². The summed E-state index contributed by atoms with van der Waals surface area (Å²) in [6.07, 6.45) is 0. The molecule has 0 saturated carbocycles. The van der Waals surface area contributed by atoms with Crippen molar-refractivity contribution in [2.24, 2.45) is 0 Å². The molecule has 0 N–H and O–H groups in total. The fourth-order valence-electron chi connectivity index (χ4n) is 1.73. The van der Waals surface area contributed by atoms with Crippen LogP contribution in [-0.4, -0.2) is 4.98 Å². The Kier molecular flexibility index (Phi) is 2.72. The molecule has 0 aliphatic rings. The molecule has 82 valence electrons. The molecule has 0 atom stereocenters. The van der Waals surface area contributed by atoms with Crippen molar-refractivity contribution in [2.45, 2.75) is 0 Å². The van der Waals surface area contributed by atoms with E-state index in [-0.39, 0.29) is 0 Å². The number of nitrogens with zero attached hydrogens (tertiary/aromatic N) is 1. The number of hydrogen-bond acceptors (Lipinski definition) is 2. The highest BCUT2D eigenvalue weighted by Gasteiger charge is 2.05. The van der Waals surface area contributed by atoms with E-state index in [1.54, 1.807) is 11.3 Å². The van der Waals surface area contributed by atoms with Crippen LogP contribution >= 0.6 is 11.3 Å². The van der Waals surface area contributed by atoms with Crippen molar-refractivity contribution in [3.05, 3.63) is 66.0 Å². The second kappa shape index (κ2) is 4.52. The second-order valence-electron chi connectivity index (χ2n) is 3.77. The van der Waals surface area contributed by atoms with Crippen molar-refractivity contribution in [2.75, 3.05) is 0 Å². The molecule has 0 radical (unpaired) electrons. The minimum Gasteiger partial charge on any atom is -0.236 e. The van der Waals surface area contributed by atoms with Gasteiger partial charge in [-0.3, -0.25) is 0 Å². The van der Waals surface area contributed by atoms with Gasteiger partial charge in [0, 0.05) is 16.5 Å². The Morgan fingerprint density at radius 3 is 1.94 bits per heavy atom. The van der Waals surface area contributed by atoms with Crippen molar-refractivity contribution < 1.29 is 0 Å². The van der Waals surface area contributed by atoms with E-state index in [2.05, 4.69) is 34.6 Å². The lowest BCUT2D eigenvalue weighted by Gasteiger charge is -1.95. The lowest BCUT2D eigenvalue weighted by molar-refractivity contribution is 1.40. The standard InChI is InChI=1S/C15H11NS/c1-3-7-12(8-4-1)14-11-17-15(16-14)13-9-5-2-6-10-13/h1-11H. The van der Waals surface area contributed by atoms with Crippen molar-refractivity contribution in [3.63, 3.8) is 0 Å². The van der Waals surface area contributed by atoms with E-state index in [9.17, 15) is 0 Å². The summed E-state index contributed by atoms with van der Waals surface area (Å²) >= 11 is 1.69. The molecular formula is C15H11NS. The average molecular weight is 237 g/mol. The zero-order valence-corrected chi connectivity index (χ0v) is 10.0. The van der Waals surface area contributed by atoms with Gasteiger partial charge in [0.1, 0.15) is 5.01 Å². The summed E-state index contributed by atoms with van der Waals surface area (Å²) in [4.78, 5) is 4.67. The second-order valence-corrected chi connectivity index (χ2v) is 4.63. The molecule has 3 rings (SSSR count). The van der Waals surface area contributed by atoms with Crippen molar-refractivity contribution >= 4 is 11.3 Å². The summed E-state index contributed by atoms with van der Waals surface area (Å²) < 4.78 is 0. The molecule has 1 heterocycles. The average Bonchev–Trinajstić information content (AvgIpc) is 2.90. The van der Waals surface area contributed by atoms with Crippen LogP contribution in [0.5, 0.6) is 0 Å². The minimum atomic E-state index is 1.05. The van der Waals surface area contributed by atoms with Gasteiger partial charge in [-0.2, -0.15) is 0 Å². The van der Waals surface area contributed by atoms with Gasteiger partial charge in [0.25, 0.3) is 0 Å². The molecule has 1 nitrogen and oxygen atoms in total. The fraction of sp³-hybridized carbons (Fsp3) is 0. The third kappa shape index (κ3) is 2.12. The SMILES string of the molecule is c1ccc(-c2csc(-c3ccccc3)n2)cc1. The monoisotopic (exact) mass is 237 g/mol. The highest BCUT2D eigenvalue weighted by Crippen LogP contribution is 2.28. The molecule has 2 aromatic carbocycles. The number of aromatic nitrogens is 1. The molecule has 17 heavy (non-hydrogen) atoms. The van der Waals surface area contributed by atoms with Gasteiger partial charge in [0.2, 0.25) is 0 Å². The first kappa shape index (κ1) is 10.2. The van der Waals surface area contributed by atoms with E-state index in [0.29, 0.717) is 0 Å². The summed E-state index contributed by atoms with van der Waals surface area (Å²) in [5.74, 6) is 0. The lowest BCUT2D eigenvalue weighted by Crippen LogP contribution is -1.78. The smallest absolute Gasteiger partial charge is 0.124 e. The van der Waals surface area contributed by atoms with Crippen LogP contribution < -0.4 is 0 Å². The zero-order valence-electron chi connectivity index (χ0n) is 9.21. The molecule has 0 spiro atoms. The highest BCUT2D eigenvalue weighted by atomic mass is 32.1. The van der Waals surface area contributed by atoms with Gasteiger partial charge in [-0.05, 0) is 0 Å². The van der Waals surface area contributed by atoms with Gasteiger partial charge in [-0.15, -0.1) is 11.3 Å². The van der Waals surface area contributed by atoms with Gasteiger partial charge >= 0.3 is 0 Å². The van der Waals surface area contributed by atoms with E-state index in [1.807, 2.05) is 36.4 Å². The van der Waals surface area contributed by atoms with E-state index in [4.69, 9.17) is 0 Å². The molecule has 2 heteroatoms. The van der Waals surface area contributed by atoms with E-state index >= 15 is 0 Å². The van der Waals surface area contributed by atoms with Crippen LogP contribution in [-0.2, 0) is 0 Å². The molecule has 0 aliphatic heterocycles. The van der Waals surface area contributed by atoms with Crippen LogP contribution in [0.1, 0.15) is 0 Å². The van der Waals surface area contributed by atoms with E-state index < -0.39 is 0 Å². The molecular weight excluding hydrogens is 226 g/mol. The van der Waals surface area contributed by atoms with Gasteiger partial charge in [-0.1, -0.05) is 60.7 Å². The van der Waals surface area contributed by atoms with Gasteiger partial charge in [0.15, 0.2) is 0 Å². The Hall–Kier alpha value is -1.93. The molecule has 0 amide bonds. The van der Waals surface area contributed by atoms with Gasteiger partial charge in [0.05, 0.1) is 5.69 Å². The number of hydrogen-bond donors (Lipinski definition) is 0. The van der Waals surface area contributed by atoms with E-state index in [0.717, 1.165) is 10.7 Å². The van der Waals surface area contributed by atoms with Crippen molar-refractivity contribution in [1.29, 1.82) is 0 Å². The zero-order chi connectivity index (χ0) is 11.5. The molecule has 0 unspecified atom stereocenters. The van der Waals surface area contributed by atoms with Crippen LogP contribution in [0.25, 0.3) is 21.8 Å². The maximum Gasteiger partial charge on any atom is 0.124 e. The normalized spacial score (nSPS) is 10.4. The Morgan fingerprint density at radius 1 is 0.706 bits per heavy atom. The van der Waals surface area contributed by atoms with Crippen molar-refractivity contribution in [3.8, 4) is 21.8 Å². The van der Waals surface area contributed by atoms with Crippen molar-refractivity contribution in [1.82, 2.24) is 4.98 Å². The summed E-state index contributed by atoms with van der Waals surface area (Å²) in [6.45, 7) is 0. The van der Waals surface area contributed by atoms with Gasteiger partial charge < -0.3 is 0 Å². The van der Waals surface area contributed by atoms with Gasteiger partial charge in [-0.25, -0.2) is 4.98 Å². The first-order valence-corrected chi connectivity index (χ1v) is 6.38. The Bertz CT molecular complexity index is 545. The Labute approximate surface area is 104 Å². The van der Waals surface area contributed by atoms with Crippen LogP contribution in [0.2, 0.25) is 0 Å². The van der Waals surface area contributed by atoms with Crippen LogP contribution in [0.15, 0.2) is 66.0 Å². The summed E-state index contributed by atoms with van der Waals surface area (Å²) in [5.41, 5.74) is 3.40. The number of benzene rings is 2. The quantitative estimate of drug-likeness (QED) is 0.640. The maximum absolute atomic E-state index is 4.67. The number of thiazole rings is 1. The lowest BCUT2D eigenvalue weighted by atomic mass is 10.2. The molecule has 1 aromatic heterocycles. The van der Waals surface area contributed by atoms with Crippen LogP contribution in [0.4, 0.5) is 0 Å². The summed E-state index contributed by atoms with van der Waals surface area (Å²) in [6, 6.07) is 20.6.